The van der Waals surface area contributed by atoms with E-state index < -0.39 is 72.1 Å². The van der Waals surface area contributed by atoms with Gasteiger partial charge in [0.1, 0.15) is 18.1 Å². The molecule has 0 aliphatic heterocycles. The molecule has 194 valence electrons. The number of aliphatic carboxylic acids is 2. The van der Waals surface area contributed by atoms with Crippen molar-refractivity contribution >= 4 is 35.6 Å². The Morgan fingerprint density at radius 1 is 0.824 bits per heavy atom. The van der Waals surface area contributed by atoms with Gasteiger partial charge in [-0.1, -0.05) is 13.8 Å². The van der Waals surface area contributed by atoms with Gasteiger partial charge in [-0.15, -0.1) is 0 Å². The molecule has 4 unspecified atom stereocenters. The monoisotopic (exact) mass is 488 g/mol. The first kappa shape index (κ1) is 30.7. The molecule has 0 aromatic carbocycles. The average molecular weight is 489 g/mol. The molecule has 4 amide bonds. The van der Waals surface area contributed by atoms with Gasteiger partial charge in [0, 0.05) is 6.42 Å². The number of carboxylic acid groups (broad SMARTS) is 2. The van der Waals surface area contributed by atoms with Gasteiger partial charge in [-0.25, -0.2) is 4.79 Å². The summed E-state index contributed by atoms with van der Waals surface area (Å²) in [4.78, 5) is 71.3. The van der Waals surface area contributed by atoms with Crippen LogP contribution in [0.15, 0.2) is 0 Å². The van der Waals surface area contributed by atoms with E-state index in [0.29, 0.717) is 19.4 Å². The first-order valence-electron chi connectivity index (χ1n) is 10.9. The summed E-state index contributed by atoms with van der Waals surface area (Å²) in [5.41, 5.74) is 16.1. The molecule has 0 spiro atoms. The van der Waals surface area contributed by atoms with Gasteiger partial charge in [0.2, 0.25) is 23.6 Å². The zero-order valence-corrected chi connectivity index (χ0v) is 19.4. The number of amides is 4. The van der Waals surface area contributed by atoms with Crippen LogP contribution in [0.1, 0.15) is 52.4 Å². The highest BCUT2D eigenvalue weighted by Gasteiger charge is 2.31. The smallest absolute Gasteiger partial charge is 0.326 e. The SMILES string of the molecule is CC(C)C(NC(=O)C(CCCCN)NC(=O)C(CCC(N)=O)NC(=O)C(N)CC(=O)O)C(=O)O. The molecule has 0 saturated heterocycles. The Hall–Kier alpha value is -3.26. The van der Waals surface area contributed by atoms with Crippen molar-refractivity contribution in [2.45, 2.75) is 76.5 Å². The lowest BCUT2D eigenvalue weighted by molar-refractivity contribution is -0.143. The lowest BCUT2D eigenvalue weighted by Gasteiger charge is -2.26. The number of carbonyl (C=O) groups is 6. The molecule has 0 heterocycles. The lowest BCUT2D eigenvalue weighted by atomic mass is 10.0. The summed E-state index contributed by atoms with van der Waals surface area (Å²) in [6, 6.07) is -5.14. The fourth-order valence-corrected chi connectivity index (χ4v) is 2.92. The Kier molecular flexibility index (Phi) is 14.1. The van der Waals surface area contributed by atoms with E-state index in [1.165, 1.54) is 0 Å². The Labute approximate surface area is 197 Å². The maximum absolute atomic E-state index is 12.9. The standard InChI is InChI=1S/C20H36N6O8/c1-10(2)16(20(33)34)26-19(32)12(5-3-4-8-21)25-18(31)13(6-7-14(23)27)24-17(30)11(22)9-15(28)29/h10-13,16H,3-9,21-22H2,1-2H3,(H2,23,27)(H,24,30)(H,25,31)(H,26,32)(H,28,29)(H,33,34). The first-order valence-corrected chi connectivity index (χ1v) is 10.9. The van der Waals surface area contributed by atoms with Gasteiger partial charge < -0.3 is 43.4 Å². The zero-order chi connectivity index (χ0) is 26.4. The molecular formula is C20H36N6O8. The van der Waals surface area contributed by atoms with Crippen LogP contribution in [-0.4, -0.2) is 76.5 Å². The fraction of sp³-hybridized carbons (Fsp3) is 0.700. The number of nitrogens with two attached hydrogens (primary N) is 3. The van der Waals surface area contributed by atoms with E-state index in [9.17, 15) is 33.9 Å². The predicted octanol–water partition coefficient (Wildman–Crippen LogP) is -2.62. The number of rotatable bonds is 17. The number of nitrogens with one attached hydrogen (secondary N) is 3. The lowest BCUT2D eigenvalue weighted by Crippen LogP contribution is -2.57. The highest BCUT2D eigenvalue weighted by Crippen LogP contribution is 2.07. The normalized spacial score (nSPS) is 14.4. The van der Waals surface area contributed by atoms with Gasteiger partial charge in [-0.2, -0.15) is 0 Å². The van der Waals surface area contributed by atoms with Crippen molar-refractivity contribution in [3.8, 4) is 0 Å². The molecule has 0 aliphatic rings. The highest BCUT2D eigenvalue weighted by atomic mass is 16.4. The van der Waals surface area contributed by atoms with E-state index in [2.05, 4.69) is 16.0 Å². The minimum absolute atomic E-state index is 0.133. The third kappa shape index (κ3) is 12.1. The number of carbonyl (C=O) groups excluding carboxylic acids is 4. The van der Waals surface area contributed by atoms with E-state index in [0.717, 1.165) is 0 Å². The van der Waals surface area contributed by atoms with Crippen molar-refractivity contribution in [2.75, 3.05) is 6.54 Å². The summed E-state index contributed by atoms with van der Waals surface area (Å²) in [6.07, 6.45) is -0.0904. The van der Waals surface area contributed by atoms with E-state index in [4.69, 9.17) is 22.3 Å². The van der Waals surface area contributed by atoms with Crippen LogP contribution in [0.3, 0.4) is 0 Å². The largest absolute Gasteiger partial charge is 0.481 e. The van der Waals surface area contributed by atoms with Crippen LogP contribution in [0.5, 0.6) is 0 Å². The molecule has 0 aromatic heterocycles. The van der Waals surface area contributed by atoms with Gasteiger partial charge in [0.15, 0.2) is 0 Å². The zero-order valence-electron chi connectivity index (χ0n) is 19.4. The van der Waals surface area contributed by atoms with E-state index in [1.807, 2.05) is 0 Å². The maximum Gasteiger partial charge on any atom is 0.326 e. The topological polar surface area (TPSA) is 257 Å². The minimum Gasteiger partial charge on any atom is -0.481 e. The number of carboxylic acids is 2. The summed E-state index contributed by atoms with van der Waals surface area (Å²) in [7, 11) is 0. The number of hydrogen-bond acceptors (Lipinski definition) is 8. The average Bonchev–Trinajstić information content (AvgIpc) is 2.72. The van der Waals surface area contributed by atoms with Crippen molar-refractivity contribution in [1.82, 2.24) is 16.0 Å². The molecule has 0 fully saturated rings. The third-order valence-corrected chi connectivity index (χ3v) is 4.85. The van der Waals surface area contributed by atoms with Crippen LogP contribution in [0.4, 0.5) is 0 Å². The molecule has 34 heavy (non-hydrogen) atoms. The van der Waals surface area contributed by atoms with Crippen molar-refractivity contribution in [3.05, 3.63) is 0 Å². The molecular weight excluding hydrogens is 452 g/mol. The maximum atomic E-state index is 12.9. The molecule has 4 atom stereocenters. The van der Waals surface area contributed by atoms with Crippen LogP contribution in [0.25, 0.3) is 0 Å². The molecule has 14 heteroatoms. The summed E-state index contributed by atoms with van der Waals surface area (Å²) < 4.78 is 0. The van der Waals surface area contributed by atoms with Crippen molar-refractivity contribution < 1.29 is 39.0 Å². The molecule has 0 aromatic rings. The van der Waals surface area contributed by atoms with Gasteiger partial charge in [-0.05, 0) is 38.1 Å². The Morgan fingerprint density at radius 3 is 1.82 bits per heavy atom. The van der Waals surface area contributed by atoms with Crippen LogP contribution < -0.4 is 33.2 Å². The molecule has 0 bridgehead atoms. The summed E-state index contributed by atoms with van der Waals surface area (Å²) >= 11 is 0. The Morgan fingerprint density at radius 2 is 1.35 bits per heavy atom. The van der Waals surface area contributed by atoms with E-state index >= 15 is 0 Å². The van der Waals surface area contributed by atoms with Crippen molar-refractivity contribution in [3.63, 3.8) is 0 Å². The molecule has 11 N–H and O–H groups in total. The Bertz CT molecular complexity index is 745. The second-order valence-electron chi connectivity index (χ2n) is 8.18. The predicted molar refractivity (Wildman–Crippen MR) is 120 cm³/mol. The molecule has 0 aliphatic carbocycles. The minimum atomic E-state index is -1.45. The molecule has 0 radical (unpaired) electrons. The summed E-state index contributed by atoms with van der Waals surface area (Å²) in [5.74, 6) is -6.28. The summed E-state index contributed by atoms with van der Waals surface area (Å²) in [6.45, 7) is 3.55. The Balaban J connectivity index is 5.58. The van der Waals surface area contributed by atoms with Gasteiger partial charge >= 0.3 is 11.9 Å². The van der Waals surface area contributed by atoms with E-state index in [-0.39, 0.29) is 19.3 Å². The quantitative estimate of drug-likeness (QED) is 0.0988. The second-order valence-corrected chi connectivity index (χ2v) is 8.18. The molecule has 14 nitrogen and oxygen atoms in total. The van der Waals surface area contributed by atoms with Gasteiger partial charge in [0.25, 0.3) is 0 Å². The fourth-order valence-electron chi connectivity index (χ4n) is 2.92. The molecule has 0 saturated carbocycles. The number of unbranched alkanes of at least 4 members (excludes halogenated alkanes) is 1. The first-order chi connectivity index (χ1) is 15.8. The van der Waals surface area contributed by atoms with Crippen LogP contribution in [-0.2, 0) is 28.8 Å². The van der Waals surface area contributed by atoms with Crippen LogP contribution in [0, 0.1) is 5.92 Å². The second kappa shape index (κ2) is 15.6. The van der Waals surface area contributed by atoms with Crippen LogP contribution in [0.2, 0.25) is 0 Å². The molecule has 0 rings (SSSR count). The van der Waals surface area contributed by atoms with Gasteiger partial charge in [-0.3, -0.25) is 24.0 Å². The number of hydrogen-bond donors (Lipinski definition) is 8. The van der Waals surface area contributed by atoms with E-state index in [1.54, 1.807) is 13.8 Å². The summed E-state index contributed by atoms with van der Waals surface area (Å²) in [5, 5.41) is 25.2. The van der Waals surface area contributed by atoms with Crippen molar-refractivity contribution in [1.29, 1.82) is 0 Å². The highest BCUT2D eigenvalue weighted by molar-refractivity contribution is 5.95. The van der Waals surface area contributed by atoms with Crippen molar-refractivity contribution in [2.24, 2.45) is 23.1 Å². The number of primary amides is 1. The van der Waals surface area contributed by atoms with Crippen LogP contribution >= 0.6 is 0 Å². The third-order valence-electron chi connectivity index (χ3n) is 4.85. The van der Waals surface area contributed by atoms with Gasteiger partial charge in [0.05, 0.1) is 12.5 Å².